The fourth-order valence-corrected chi connectivity index (χ4v) is 3.79. The van der Waals surface area contributed by atoms with Crippen molar-refractivity contribution in [1.29, 1.82) is 0 Å². The number of carbonyl (C=O) groups is 1. The van der Waals surface area contributed by atoms with E-state index in [1.807, 2.05) is 47.4 Å². The number of hydrogen-bond acceptors (Lipinski definition) is 5. The number of rotatable bonds is 4. The van der Waals surface area contributed by atoms with E-state index in [2.05, 4.69) is 22.3 Å². The highest BCUT2D eigenvalue weighted by Gasteiger charge is 2.36. The van der Waals surface area contributed by atoms with Crippen molar-refractivity contribution in [3.05, 3.63) is 71.5 Å². The Labute approximate surface area is 158 Å². The van der Waals surface area contributed by atoms with Crippen LogP contribution in [0.2, 0.25) is 0 Å². The standard InChI is InChI=1S/C21H22N4O2/c1-14-23-20(27-24-14)17-9-5-6-10-18(17)21(26)25-12-16(11-22)19(13-25)15-7-3-2-4-8-15/h2-10,16,19H,11-13,22H2,1H3/t16-,19+/m1/s1. The van der Waals surface area contributed by atoms with Crippen molar-refractivity contribution in [2.45, 2.75) is 12.8 Å². The second-order valence-corrected chi connectivity index (χ2v) is 6.92. The quantitative estimate of drug-likeness (QED) is 0.771. The molecule has 2 N–H and O–H groups in total. The minimum Gasteiger partial charge on any atom is -0.338 e. The molecule has 0 spiro atoms. The van der Waals surface area contributed by atoms with E-state index in [1.165, 1.54) is 5.56 Å². The number of nitrogens with two attached hydrogens (primary N) is 1. The Balaban J connectivity index is 1.63. The molecule has 1 fully saturated rings. The first-order chi connectivity index (χ1) is 13.2. The van der Waals surface area contributed by atoms with Crippen molar-refractivity contribution < 1.29 is 9.32 Å². The first-order valence-corrected chi connectivity index (χ1v) is 9.11. The van der Waals surface area contributed by atoms with E-state index in [0.717, 1.165) is 0 Å². The number of likely N-dealkylation sites (tertiary alicyclic amines) is 1. The third kappa shape index (κ3) is 3.36. The van der Waals surface area contributed by atoms with Crippen molar-refractivity contribution >= 4 is 5.91 Å². The molecule has 1 aromatic heterocycles. The third-order valence-corrected chi connectivity index (χ3v) is 5.17. The molecule has 1 amide bonds. The summed E-state index contributed by atoms with van der Waals surface area (Å²) in [6, 6.07) is 17.6. The minimum absolute atomic E-state index is 0.0293. The number of benzene rings is 2. The Hall–Kier alpha value is -2.99. The monoisotopic (exact) mass is 362 g/mol. The first-order valence-electron chi connectivity index (χ1n) is 9.11. The number of aromatic nitrogens is 2. The number of amides is 1. The van der Waals surface area contributed by atoms with Crippen LogP contribution in [0.5, 0.6) is 0 Å². The number of aryl methyl sites for hydroxylation is 1. The molecule has 0 unspecified atom stereocenters. The molecule has 27 heavy (non-hydrogen) atoms. The van der Waals surface area contributed by atoms with Gasteiger partial charge in [-0.1, -0.05) is 47.6 Å². The van der Waals surface area contributed by atoms with E-state index < -0.39 is 0 Å². The Morgan fingerprint density at radius 1 is 1.15 bits per heavy atom. The summed E-state index contributed by atoms with van der Waals surface area (Å²) in [6.45, 7) is 3.61. The molecule has 1 saturated heterocycles. The molecule has 6 heteroatoms. The Morgan fingerprint density at radius 3 is 2.59 bits per heavy atom. The highest BCUT2D eigenvalue weighted by atomic mass is 16.5. The molecule has 2 aromatic carbocycles. The molecule has 2 heterocycles. The minimum atomic E-state index is -0.0293. The summed E-state index contributed by atoms with van der Waals surface area (Å²) in [4.78, 5) is 19.4. The van der Waals surface area contributed by atoms with Gasteiger partial charge in [0.15, 0.2) is 5.82 Å². The first kappa shape index (κ1) is 17.4. The van der Waals surface area contributed by atoms with Crippen LogP contribution in [0.1, 0.15) is 27.7 Å². The largest absolute Gasteiger partial charge is 0.338 e. The van der Waals surface area contributed by atoms with Gasteiger partial charge in [-0.3, -0.25) is 4.79 Å². The maximum atomic E-state index is 13.3. The van der Waals surface area contributed by atoms with Crippen LogP contribution < -0.4 is 5.73 Å². The molecule has 0 radical (unpaired) electrons. The fourth-order valence-electron chi connectivity index (χ4n) is 3.79. The zero-order chi connectivity index (χ0) is 18.8. The normalized spacial score (nSPS) is 19.4. The van der Waals surface area contributed by atoms with Crippen LogP contribution >= 0.6 is 0 Å². The predicted molar refractivity (Wildman–Crippen MR) is 102 cm³/mol. The van der Waals surface area contributed by atoms with Crippen molar-refractivity contribution in [2.75, 3.05) is 19.6 Å². The SMILES string of the molecule is Cc1noc(-c2ccccc2C(=O)N2C[C@@H](CN)[C@H](c3ccccc3)C2)n1. The van der Waals surface area contributed by atoms with Crippen molar-refractivity contribution in [1.82, 2.24) is 15.0 Å². The summed E-state index contributed by atoms with van der Waals surface area (Å²) in [5.41, 5.74) is 8.48. The van der Waals surface area contributed by atoms with E-state index in [0.29, 0.717) is 42.5 Å². The van der Waals surface area contributed by atoms with Crippen LogP contribution in [0.25, 0.3) is 11.5 Å². The lowest BCUT2D eigenvalue weighted by Gasteiger charge is -2.18. The average Bonchev–Trinajstić information content (AvgIpc) is 3.34. The molecule has 138 valence electrons. The van der Waals surface area contributed by atoms with Gasteiger partial charge in [-0.05, 0) is 37.1 Å². The summed E-state index contributed by atoms with van der Waals surface area (Å²) in [5.74, 6) is 1.37. The second kappa shape index (κ2) is 7.32. The fraction of sp³-hybridized carbons (Fsp3) is 0.286. The van der Waals surface area contributed by atoms with Crippen LogP contribution in [0, 0.1) is 12.8 Å². The number of hydrogen-bond donors (Lipinski definition) is 1. The summed E-state index contributed by atoms with van der Waals surface area (Å²) < 4.78 is 5.28. The number of nitrogens with zero attached hydrogens (tertiary/aromatic N) is 3. The summed E-state index contributed by atoms with van der Waals surface area (Å²) in [5, 5.41) is 3.84. The number of carbonyl (C=O) groups excluding carboxylic acids is 1. The zero-order valence-corrected chi connectivity index (χ0v) is 15.2. The summed E-state index contributed by atoms with van der Waals surface area (Å²) in [6.07, 6.45) is 0. The molecule has 2 atom stereocenters. The van der Waals surface area contributed by atoms with Gasteiger partial charge in [0.25, 0.3) is 11.8 Å². The molecular formula is C21H22N4O2. The van der Waals surface area contributed by atoms with Crippen LogP contribution in [0.15, 0.2) is 59.1 Å². The lowest BCUT2D eigenvalue weighted by molar-refractivity contribution is 0.0787. The van der Waals surface area contributed by atoms with Gasteiger partial charge in [0.1, 0.15) is 0 Å². The van der Waals surface area contributed by atoms with E-state index in [-0.39, 0.29) is 17.7 Å². The van der Waals surface area contributed by atoms with Gasteiger partial charge in [-0.2, -0.15) is 4.98 Å². The van der Waals surface area contributed by atoms with Gasteiger partial charge in [0.05, 0.1) is 11.1 Å². The summed E-state index contributed by atoms with van der Waals surface area (Å²) in [7, 11) is 0. The van der Waals surface area contributed by atoms with E-state index in [1.54, 1.807) is 6.92 Å². The molecule has 3 aromatic rings. The summed E-state index contributed by atoms with van der Waals surface area (Å²) >= 11 is 0. The van der Waals surface area contributed by atoms with Crippen LogP contribution in [0.3, 0.4) is 0 Å². The lowest BCUT2D eigenvalue weighted by atomic mass is 9.89. The Morgan fingerprint density at radius 2 is 1.89 bits per heavy atom. The highest BCUT2D eigenvalue weighted by molar-refractivity contribution is 6.00. The smallest absolute Gasteiger partial charge is 0.258 e. The molecule has 0 aliphatic carbocycles. The second-order valence-electron chi connectivity index (χ2n) is 6.92. The topological polar surface area (TPSA) is 85.2 Å². The van der Waals surface area contributed by atoms with Crippen LogP contribution in [-0.4, -0.2) is 40.6 Å². The van der Waals surface area contributed by atoms with E-state index in [4.69, 9.17) is 10.3 Å². The van der Waals surface area contributed by atoms with E-state index >= 15 is 0 Å². The van der Waals surface area contributed by atoms with Crippen molar-refractivity contribution in [2.24, 2.45) is 11.7 Å². The molecule has 0 bridgehead atoms. The van der Waals surface area contributed by atoms with Gasteiger partial charge in [0.2, 0.25) is 0 Å². The molecule has 1 aliphatic rings. The van der Waals surface area contributed by atoms with Crippen LogP contribution in [0.4, 0.5) is 0 Å². The van der Waals surface area contributed by atoms with E-state index in [9.17, 15) is 4.79 Å². The average molecular weight is 362 g/mol. The lowest BCUT2D eigenvalue weighted by Crippen LogP contribution is -2.30. The highest BCUT2D eigenvalue weighted by Crippen LogP contribution is 2.34. The van der Waals surface area contributed by atoms with Gasteiger partial charge >= 0.3 is 0 Å². The Bertz CT molecular complexity index is 938. The molecule has 0 saturated carbocycles. The van der Waals surface area contributed by atoms with Crippen LogP contribution in [-0.2, 0) is 0 Å². The molecule has 6 nitrogen and oxygen atoms in total. The van der Waals surface area contributed by atoms with Gasteiger partial charge in [-0.15, -0.1) is 0 Å². The molecule has 4 rings (SSSR count). The zero-order valence-electron chi connectivity index (χ0n) is 15.2. The van der Waals surface area contributed by atoms with Gasteiger partial charge < -0.3 is 15.2 Å². The molecular weight excluding hydrogens is 340 g/mol. The maximum absolute atomic E-state index is 13.3. The third-order valence-electron chi connectivity index (χ3n) is 5.17. The maximum Gasteiger partial charge on any atom is 0.258 e. The van der Waals surface area contributed by atoms with Gasteiger partial charge in [0, 0.05) is 19.0 Å². The molecule has 1 aliphatic heterocycles. The van der Waals surface area contributed by atoms with Crippen molar-refractivity contribution in [3.63, 3.8) is 0 Å². The Kier molecular flexibility index (Phi) is 4.73. The van der Waals surface area contributed by atoms with Gasteiger partial charge in [-0.25, -0.2) is 0 Å². The predicted octanol–water partition coefficient (Wildman–Crippen LogP) is 2.86. The van der Waals surface area contributed by atoms with Crippen molar-refractivity contribution in [3.8, 4) is 11.5 Å².